The molecule has 1 aromatic heterocycles. The molecule has 0 aromatic carbocycles. The Bertz CT molecular complexity index is 256. The first-order valence-electron chi connectivity index (χ1n) is 2.30. The lowest BCUT2D eigenvalue weighted by atomic mass is 10.3. The largest absolute Gasteiger partial charge is 0.460 e. The lowest BCUT2D eigenvalue weighted by molar-refractivity contribution is 0.110. The minimum absolute atomic E-state index is 0.187. The molecule has 44 valence electrons. The van der Waals surface area contributed by atoms with Crippen molar-refractivity contribution in [3.05, 3.63) is 23.7 Å². The molecule has 0 aliphatic heterocycles. The first-order valence-corrected chi connectivity index (χ1v) is 2.30. The van der Waals surface area contributed by atoms with Crippen LogP contribution in [0.2, 0.25) is 0 Å². The first-order chi connectivity index (χ1) is 4.36. The van der Waals surface area contributed by atoms with Gasteiger partial charge in [-0.15, -0.1) is 0 Å². The summed E-state index contributed by atoms with van der Waals surface area (Å²) in [6.45, 7) is 0. The number of furan rings is 1. The van der Waals surface area contributed by atoms with E-state index in [0.29, 0.717) is 11.8 Å². The Morgan fingerprint density at radius 2 is 2.56 bits per heavy atom. The van der Waals surface area contributed by atoms with Crippen LogP contribution in [0.3, 0.4) is 0 Å². The van der Waals surface area contributed by atoms with Crippen LogP contribution >= 0.6 is 0 Å². The molecule has 0 amide bonds. The van der Waals surface area contributed by atoms with Gasteiger partial charge in [0.1, 0.15) is 12.3 Å². The van der Waals surface area contributed by atoms with Crippen molar-refractivity contribution in [3.63, 3.8) is 0 Å². The average molecular weight is 121 g/mol. The van der Waals surface area contributed by atoms with E-state index in [2.05, 4.69) is 4.42 Å². The van der Waals surface area contributed by atoms with E-state index in [4.69, 9.17) is 5.26 Å². The third-order valence-electron chi connectivity index (χ3n) is 0.865. The van der Waals surface area contributed by atoms with Gasteiger partial charge >= 0.3 is 0 Å². The first kappa shape index (κ1) is 5.57. The summed E-state index contributed by atoms with van der Waals surface area (Å²) in [5.41, 5.74) is 0.372. The Hall–Kier alpha value is -1.56. The van der Waals surface area contributed by atoms with Crippen LogP contribution in [0.1, 0.15) is 16.1 Å². The number of hydrogen-bond acceptors (Lipinski definition) is 3. The minimum atomic E-state index is 0.187. The normalized spacial score (nSPS) is 8.33. The van der Waals surface area contributed by atoms with Gasteiger partial charge in [-0.2, -0.15) is 5.26 Å². The highest BCUT2D eigenvalue weighted by Crippen LogP contribution is 2.02. The maximum Gasteiger partial charge on any atom is 0.185 e. The summed E-state index contributed by atoms with van der Waals surface area (Å²) < 4.78 is 4.61. The molecule has 0 radical (unpaired) electrons. The molecule has 0 saturated heterocycles. The standard InChI is InChI=1S/C6H3NO2/c7-2-5-1-6(3-8)9-4-5/h1,3-4H. The second kappa shape index (κ2) is 2.14. The number of rotatable bonds is 1. The molecule has 0 aliphatic carbocycles. The molecule has 0 atom stereocenters. The molecule has 3 nitrogen and oxygen atoms in total. The van der Waals surface area contributed by atoms with E-state index < -0.39 is 0 Å². The highest BCUT2D eigenvalue weighted by molar-refractivity contribution is 5.71. The third-order valence-corrected chi connectivity index (χ3v) is 0.865. The lowest BCUT2D eigenvalue weighted by Gasteiger charge is -1.68. The Kier molecular flexibility index (Phi) is 1.32. The molecule has 1 aromatic rings. The van der Waals surface area contributed by atoms with E-state index in [9.17, 15) is 4.79 Å². The fraction of sp³-hybridized carbons (Fsp3) is 0. The van der Waals surface area contributed by atoms with Crippen molar-refractivity contribution in [2.45, 2.75) is 0 Å². The zero-order valence-electron chi connectivity index (χ0n) is 4.50. The van der Waals surface area contributed by atoms with Gasteiger partial charge in [-0.3, -0.25) is 4.79 Å². The number of nitrogens with zero attached hydrogens (tertiary/aromatic N) is 1. The number of aldehydes is 1. The predicted molar refractivity (Wildman–Crippen MR) is 28.8 cm³/mol. The molecule has 1 rings (SSSR count). The summed E-state index contributed by atoms with van der Waals surface area (Å²) in [7, 11) is 0. The van der Waals surface area contributed by atoms with Gasteiger partial charge in [-0.1, -0.05) is 0 Å². The highest BCUT2D eigenvalue weighted by atomic mass is 16.3. The van der Waals surface area contributed by atoms with Crippen molar-refractivity contribution in [3.8, 4) is 6.07 Å². The molecule has 1 heterocycles. The molecule has 0 aliphatic rings. The summed E-state index contributed by atoms with van der Waals surface area (Å²) in [4.78, 5) is 9.93. The van der Waals surface area contributed by atoms with Crippen LogP contribution in [0.4, 0.5) is 0 Å². The van der Waals surface area contributed by atoms with E-state index >= 15 is 0 Å². The zero-order valence-corrected chi connectivity index (χ0v) is 4.50. The number of nitriles is 1. The SMILES string of the molecule is N#Cc1coc(C=O)c1. The van der Waals surface area contributed by atoms with Crippen molar-refractivity contribution in [1.82, 2.24) is 0 Å². The Morgan fingerprint density at radius 1 is 1.78 bits per heavy atom. The Morgan fingerprint density at radius 3 is 2.89 bits per heavy atom. The minimum Gasteiger partial charge on any atom is -0.460 e. The molecule has 0 spiro atoms. The van der Waals surface area contributed by atoms with Gasteiger partial charge in [0.25, 0.3) is 0 Å². The monoisotopic (exact) mass is 121 g/mol. The molecular formula is C6H3NO2. The second-order valence-corrected chi connectivity index (χ2v) is 1.47. The van der Waals surface area contributed by atoms with Gasteiger partial charge in [0, 0.05) is 6.07 Å². The summed E-state index contributed by atoms with van der Waals surface area (Å²) in [6, 6.07) is 3.21. The van der Waals surface area contributed by atoms with Crippen LogP contribution < -0.4 is 0 Å². The van der Waals surface area contributed by atoms with Gasteiger partial charge < -0.3 is 4.42 Å². The topological polar surface area (TPSA) is 54.0 Å². The summed E-state index contributed by atoms with van der Waals surface area (Å²) in [5, 5.41) is 8.22. The number of carbonyl (C=O) groups is 1. The van der Waals surface area contributed by atoms with Crippen LogP contribution in [0, 0.1) is 11.3 Å². The molecule has 0 N–H and O–H groups in total. The van der Waals surface area contributed by atoms with E-state index in [1.807, 2.05) is 6.07 Å². The van der Waals surface area contributed by atoms with Gasteiger partial charge in [-0.05, 0) is 0 Å². The van der Waals surface area contributed by atoms with Crippen LogP contribution in [0.15, 0.2) is 16.7 Å². The van der Waals surface area contributed by atoms with Crippen molar-refractivity contribution < 1.29 is 9.21 Å². The van der Waals surface area contributed by atoms with Crippen molar-refractivity contribution >= 4 is 6.29 Å². The van der Waals surface area contributed by atoms with E-state index in [1.54, 1.807) is 0 Å². The highest BCUT2D eigenvalue weighted by Gasteiger charge is 1.96. The lowest BCUT2D eigenvalue weighted by Crippen LogP contribution is -1.67. The fourth-order valence-corrected chi connectivity index (χ4v) is 0.473. The molecule has 0 saturated carbocycles. The summed E-state index contributed by atoms with van der Waals surface area (Å²) in [5.74, 6) is 0.187. The molecule has 3 heteroatoms. The Balaban J connectivity index is 3.03. The zero-order chi connectivity index (χ0) is 6.69. The van der Waals surface area contributed by atoms with Crippen molar-refractivity contribution in [2.75, 3.05) is 0 Å². The maximum absolute atomic E-state index is 9.93. The van der Waals surface area contributed by atoms with Gasteiger partial charge in [0.05, 0.1) is 5.56 Å². The molecule has 9 heavy (non-hydrogen) atoms. The fourth-order valence-electron chi connectivity index (χ4n) is 0.473. The van der Waals surface area contributed by atoms with Crippen LogP contribution in [0.5, 0.6) is 0 Å². The average Bonchev–Trinajstić information content (AvgIpc) is 2.34. The molecular weight excluding hydrogens is 118 g/mol. The Labute approximate surface area is 51.5 Å². The third kappa shape index (κ3) is 0.970. The number of hydrogen-bond donors (Lipinski definition) is 0. The molecule has 0 unspecified atom stereocenters. The van der Waals surface area contributed by atoms with Crippen molar-refractivity contribution in [2.24, 2.45) is 0 Å². The van der Waals surface area contributed by atoms with E-state index in [1.165, 1.54) is 12.3 Å². The predicted octanol–water partition coefficient (Wildman–Crippen LogP) is 0.964. The second-order valence-electron chi connectivity index (χ2n) is 1.47. The van der Waals surface area contributed by atoms with Gasteiger partial charge in [0.2, 0.25) is 0 Å². The summed E-state index contributed by atoms with van der Waals surface area (Å²) >= 11 is 0. The molecule has 0 bridgehead atoms. The quantitative estimate of drug-likeness (QED) is 0.520. The van der Waals surface area contributed by atoms with E-state index in [-0.39, 0.29) is 5.76 Å². The van der Waals surface area contributed by atoms with Crippen LogP contribution in [0.25, 0.3) is 0 Å². The summed E-state index contributed by atoms with van der Waals surface area (Å²) in [6.07, 6.45) is 1.80. The van der Waals surface area contributed by atoms with Crippen molar-refractivity contribution in [1.29, 1.82) is 5.26 Å². The maximum atomic E-state index is 9.93. The van der Waals surface area contributed by atoms with Crippen LogP contribution in [-0.4, -0.2) is 6.29 Å². The van der Waals surface area contributed by atoms with Gasteiger partial charge in [0.15, 0.2) is 12.0 Å². The molecule has 0 fully saturated rings. The number of carbonyl (C=O) groups excluding carboxylic acids is 1. The van der Waals surface area contributed by atoms with Gasteiger partial charge in [-0.25, -0.2) is 0 Å². The van der Waals surface area contributed by atoms with Crippen LogP contribution in [-0.2, 0) is 0 Å². The smallest absolute Gasteiger partial charge is 0.185 e. The van der Waals surface area contributed by atoms with E-state index in [0.717, 1.165) is 0 Å².